The molecule has 0 rings (SSSR count). The highest BCUT2D eigenvalue weighted by Crippen LogP contribution is 2.34. The highest BCUT2D eigenvalue weighted by molar-refractivity contribution is 7.45. The number of carbonyl (C=O) groups excluding carboxylic acids is 1. The van der Waals surface area contributed by atoms with Crippen LogP contribution in [0.5, 0.6) is 0 Å². The van der Waals surface area contributed by atoms with Gasteiger partial charge in [-0.3, -0.25) is 9.05 Å². The summed E-state index contributed by atoms with van der Waals surface area (Å²) in [4.78, 5) is 21.0. The smallest absolute Gasteiger partial charge is 0.337 e. The van der Waals surface area contributed by atoms with E-state index in [4.69, 9.17) is 4.74 Å². The van der Waals surface area contributed by atoms with Crippen LogP contribution in [0.1, 0.15) is 13.8 Å². The Balaban J connectivity index is 0. The van der Waals surface area contributed by atoms with E-state index in [9.17, 15) is 14.3 Å². The number of carbonyl (C=O) groups is 1. The third-order valence-electron chi connectivity index (χ3n) is 2.16. The minimum absolute atomic E-state index is 0.144. The van der Waals surface area contributed by atoms with Crippen LogP contribution >= 0.6 is 7.82 Å². The lowest BCUT2D eigenvalue weighted by Crippen LogP contribution is -2.45. The molecule has 0 bridgehead atoms. The van der Waals surface area contributed by atoms with E-state index in [0.29, 0.717) is 10.1 Å². The minimum atomic E-state index is -3.90. The maximum atomic E-state index is 11.1. The summed E-state index contributed by atoms with van der Waals surface area (Å²) in [5.41, 5.74) is 0.440. The van der Waals surface area contributed by atoms with Gasteiger partial charge in [-0.25, -0.2) is 4.79 Å². The van der Waals surface area contributed by atoms with Gasteiger partial charge in [0.1, 0.15) is 0 Å². The number of phosphoric ester groups is 1. The quantitative estimate of drug-likeness (QED) is 0.246. The summed E-state index contributed by atoms with van der Waals surface area (Å²) in [6, 6.07) is 0. The van der Waals surface area contributed by atoms with Crippen LogP contribution < -0.4 is 4.89 Å². The van der Waals surface area contributed by atoms with Gasteiger partial charge in [0, 0.05) is 26.7 Å². The zero-order valence-corrected chi connectivity index (χ0v) is 13.5. The molecule has 7 nitrogen and oxygen atoms in total. The molecule has 0 saturated heterocycles. The first-order valence-corrected chi connectivity index (χ1v) is 6.93. The van der Waals surface area contributed by atoms with Gasteiger partial charge in [-0.05, 0) is 6.92 Å². The van der Waals surface area contributed by atoms with E-state index in [1.165, 1.54) is 0 Å². The second-order valence-corrected chi connectivity index (χ2v) is 6.34. The van der Waals surface area contributed by atoms with Crippen molar-refractivity contribution in [3.8, 4) is 0 Å². The first-order chi connectivity index (χ1) is 8.37. The summed E-state index contributed by atoms with van der Waals surface area (Å²) in [5.74, 6) is -0.324. The van der Waals surface area contributed by atoms with Crippen LogP contribution in [0.2, 0.25) is 0 Å². The average molecular weight is 297 g/mol. The second-order valence-electron chi connectivity index (χ2n) is 4.71. The molecule has 0 aliphatic rings. The number of nitrogens with zero attached hydrogens (tertiary/aromatic N) is 1. The van der Waals surface area contributed by atoms with Crippen molar-refractivity contribution in [1.82, 2.24) is 0 Å². The van der Waals surface area contributed by atoms with Crippen molar-refractivity contribution < 1.29 is 32.5 Å². The molecule has 114 valence electrons. The Morgan fingerprint density at radius 3 is 1.79 bits per heavy atom. The van der Waals surface area contributed by atoms with Crippen LogP contribution in [-0.4, -0.2) is 52.0 Å². The van der Waals surface area contributed by atoms with Crippen LogP contribution in [0.4, 0.5) is 0 Å². The van der Waals surface area contributed by atoms with E-state index < -0.39 is 7.82 Å². The molecule has 0 aromatic carbocycles. The van der Waals surface area contributed by atoms with Crippen LogP contribution in [-0.2, 0) is 23.1 Å². The van der Waals surface area contributed by atoms with Gasteiger partial charge in [0.25, 0.3) is 7.82 Å². The highest BCUT2D eigenvalue weighted by Gasteiger charge is 2.22. The van der Waals surface area contributed by atoms with Crippen molar-refractivity contribution >= 4 is 13.8 Å². The fraction of sp³-hybridized carbons (Fsp3) is 0.727. The molecule has 0 aromatic heterocycles. The molecule has 1 atom stereocenters. The lowest BCUT2D eigenvalue weighted by molar-refractivity contribution is -0.914. The molecule has 0 aliphatic heterocycles. The van der Waals surface area contributed by atoms with Crippen molar-refractivity contribution in [2.24, 2.45) is 0 Å². The third kappa shape index (κ3) is 10.9. The van der Waals surface area contributed by atoms with Gasteiger partial charge in [0.15, 0.2) is 0 Å². The van der Waals surface area contributed by atoms with Crippen LogP contribution in [0.15, 0.2) is 12.2 Å². The molecule has 0 amide bonds. The molecule has 8 heteroatoms. The molecule has 19 heavy (non-hydrogen) atoms. The SMILES string of the molecule is C=C(C)C(=O)OC(C)[N+](C)(C)C.COP(=O)([O-])OC. The summed E-state index contributed by atoms with van der Waals surface area (Å²) in [5, 5.41) is 0. The number of hydrogen-bond donors (Lipinski definition) is 0. The molecule has 0 radical (unpaired) electrons. The Labute approximate surface area is 115 Å². The summed E-state index contributed by atoms with van der Waals surface area (Å²) >= 11 is 0. The zero-order valence-electron chi connectivity index (χ0n) is 12.6. The van der Waals surface area contributed by atoms with Crippen LogP contribution in [0.25, 0.3) is 0 Å². The molecular weight excluding hydrogens is 273 g/mol. The van der Waals surface area contributed by atoms with Gasteiger partial charge < -0.3 is 18.7 Å². The highest BCUT2D eigenvalue weighted by atomic mass is 31.2. The monoisotopic (exact) mass is 297 g/mol. The van der Waals surface area contributed by atoms with Crippen molar-refractivity contribution in [2.75, 3.05) is 35.4 Å². The Hall–Kier alpha value is -0.720. The normalized spacial score (nSPS) is 13.1. The van der Waals surface area contributed by atoms with Crippen molar-refractivity contribution in [2.45, 2.75) is 20.1 Å². The molecule has 0 aliphatic carbocycles. The molecule has 0 aromatic rings. The standard InChI is InChI=1S/C9H18NO2.C2H7O4P/c1-7(2)9(11)12-8(3)10(4,5)6;1-5-7(3,4)6-2/h8H,1H2,2-6H3;1-2H3,(H,3,4)/q+1;/p-1. The minimum Gasteiger partial charge on any atom is -0.756 e. The van der Waals surface area contributed by atoms with Crippen molar-refractivity contribution in [3.63, 3.8) is 0 Å². The van der Waals surface area contributed by atoms with Crippen LogP contribution in [0, 0.1) is 0 Å². The predicted molar refractivity (Wildman–Crippen MR) is 70.0 cm³/mol. The summed E-state index contributed by atoms with van der Waals surface area (Å²) < 4.78 is 23.4. The van der Waals surface area contributed by atoms with E-state index in [1.54, 1.807) is 6.92 Å². The van der Waals surface area contributed by atoms with Gasteiger partial charge in [-0.15, -0.1) is 0 Å². The summed E-state index contributed by atoms with van der Waals surface area (Å²) in [6.45, 7) is 7.01. The largest absolute Gasteiger partial charge is 0.756 e. The first kappa shape index (κ1) is 20.6. The van der Waals surface area contributed by atoms with E-state index >= 15 is 0 Å². The number of esters is 1. The Kier molecular flexibility index (Phi) is 9.16. The number of quaternary nitrogens is 1. The molecule has 1 unspecified atom stereocenters. The number of rotatable bonds is 5. The average Bonchev–Trinajstić information content (AvgIpc) is 2.28. The van der Waals surface area contributed by atoms with E-state index in [0.717, 1.165) is 14.2 Å². The van der Waals surface area contributed by atoms with Crippen LogP contribution in [0.3, 0.4) is 0 Å². The number of phosphoric acid groups is 1. The maximum absolute atomic E-state index is 11.1. The first-order valence-electron chi connectivity index (χ1n) is 5.47. The fourth-order valence-electron chi connectivity index (χ4n) is 0.488. The molecule has 0 saturated carbocycles. The van der Waals surface area contributed by atoms with E-state index in [1.807, 2.05) is 28.1 Å². The van der Waals surface area contributed by atoms with Gasteiger partial charge in [0.2, 0.25) is 6.23 Å². The molecule has 0 spiro atoms. The fourth-order valence-corrected chi connectivity index (χ4v) is 0.637. The Morgan fingerprint density at radius 1 is 1.26 bits per heavy atom. The number of hydrogen-bond acceptors (Lipinski definition) is 6. The predicted octanol–water partition coefficient (Wildman–Crippen LogP) is 0.905. The Morgan fingerprint density at radius 2 is 1.63 bits per heavy atom. The topological polar surface area (TPSA) is 84.9 Å². The van der Waals surface area contributed by atoms with Gasteiger partial charge in [-0.2, -0.15) is 0 Å². The van der Waals surface area contributed by atoms with Gasteiger partial charge >= 0.3 is 5.97 Å². The Bertz CT molecular complexity index is 342. The van der Waals surface area contributed by atoms with Gasteiger partial charge in [0.05, 0.1) is 21.1 Å². The summed E-state index contributed by atoms with van der Waals surface area (Å²) in [7, 11) is 4.08. The van der Waals surface area contributed by atoms with E-state index in [-0.39, 0.29) is 12.2 Å². The molecule has 0 N–H and O–H groups in total. The maximum Gasteiger partial charge on any atom is 0.337 e. The third-order valence-corrected chi connectivity index (χ3v) is 3.06. The van der Waals surface area contributed by atoms with E-state index in [2.05, 4.69) is 15.6 Å². The summed E-state index contributed by atoms with van der Waals surface area (Å²) in [6.07, 6.45) is -0.144. The molecule has 0 fully saturated rings. The lowest BCUT2D eigenvalue weighted by atomic mass is 10.3. The zero-order chi connectivity index (χ0) is 15.9. The number of ether oxygens (including phenoxy) is 1. The lowest BCUT2D eigenvalue weighted by Gasteiger charge is -2.30. The van der Waals surface area contributed by atoms with Crippen molar-refractivity contribution in [1.29, 1.82) is 0 Å². The molecule has 0 heterocycles. The molecular formula is C11H24NO6P. The van der Waals surface area contributed by atoms with Crippen molar-refractivity contribution in [3.05, 3.63) is 12.2 Å². The second kappa shape index (κ2) is 8.45. The van der Waals surface area contributed by atoms with Gasteiger partial charge in [-0.1, -0.05) is 6.58 Å².